The number of hydrogen-bond acceptors (Lipinski definition) is 2. The molecule has 14 heavy (non-hydrogen) atoms. The van der Waals surface area contributed by atoms with E-state index in [9.17, 15) is 0 Å². The number of fused-ring (bicyclic) bond motifs is 1. The third-order valence-electron chi connectivity index (χ3n) is 2.20. The van der Waals surface area contributed by atoms with Gasteiger partial charge in [0.1, 0.15) is 0 Å². The summed E-state index contributed by atoms with van der Waals surface area (Å²) in [5, 5.41) is 8.76. The van der Waals surface area contributed by atoms with E-state index < -0.39 is 0 Å². The van der Waals surface area contributed by atoms with Gasteiger partial charge < -0.3 is 5.32 Å². The molecule has 3 nitrogen and oxygen atoms in total. The van der Waals surface area contributed by atoms with Crippen molar-refractivity contribution in [3.05, 3.63) is 24.4 Å². The van der Waals surface area contributed by atoms with Gasteiger partial charge in [0.15, 0.2) is 0 Å². The van der Waals surface area contributed by atoms with Crippen molar-refractivity contribution in [3.8, 4) is 0 Å². The molecule has 1 N–H and O–H groups in total. The van der Waals surface area contributed by atoms with E-state index in [0.29, 0.717) is 6.04 Å². The highest BCUT2D eigenvalue weighted by Gasteiger charge is 2.01. The zero-order chi connectivity index (χ0) is 10.1. The van der Waals surface area contributed by atoms with Gasteiger partial charge in [-0.2, -0.15) is 5.10 Å². The van der Waals surface area contributed by atoms with Crippen molar-refractivity contribution in [2.75, 3.05) is 5.32 Å². The molecule has 0 saturated heterocycles. The van der Waals surface area contributed by atoms with E-state index in [2.05, 4.69) is 42.5 Å². The number of benzene rings is 1. The smallest absolute Gasteiger partial charge is 0.0699 e. The number of nitrogens with zero attached hydrogens (tertiary/aromatic N) is 2. The fourth-order valence-corrected chi connectivity index (χ4v) is 1.57. The number of aryl methyl sites for hydroxylation is 1. The third-order valence-corrected chi connectivity index (χ3v) is 2.20. The maximum absolute atomic E-state index is 4.20. The molecule has 1 aromatic carbocycles. The standard InChI is InChI=1S/C11H15N3/c1-8(2)13-10-5-4-9-7-12-14(3)11(9)6-10/h4-8,13H,1-3H3. The van der Waals surface area contributed by atoms with Crippen molar-refractivity contribution in [2.45, 2.75) is 19.9 Å². The Morgan fingerprint density at radius 1 is 1.36 bits per heavy atom. The predicted molar refractivity (Wildman–Crippen MR) is 59.5 cm³/mol. The Bertz CT molecular complexity index is 443. The van der Waals surface area contributed by atoms with Gasteiger partial charge in [0, 0.05) is 24.2 Å². The van der Waals surface area contributed by atoms with Gasteiger partial charge in [0.25, 0.3) is 0 Å². The molecule has 0 bridgehead atoms. The number of anilines is 1. The van der Waals surface area contributed by atoms with Crippen LogP contribution in [0.4, 0.5) is 5.69 Å². The van der Waals surface area contributed by atoms with Gasteiger partial charge in [-0.25, -0.2) is 0 Å². The lowest BCUT2D eigenvalue weighted by atomic mass is 10.2. The van der Waals surface area contributed by atoms with Crippen molar-refractivity contribution >= 4 is 16.6 Å². The largest absolute Gasteiger partial charge is 0.383 e. The van der Waals surface area contributed by atoms with Gasteiger partial charge >= 0.3 is 0 Å². The summed E-state index contributed by atoms with van der Waals surface area (Å²) in [5.74, 6) is 0. The number of hydrogen-bond donors (Lipinski definition) is 1. The molecule has 3 heteroatoms. The van der Waals surface area contributed by atoms with Gasteiger partial charge in [-0.3, -0.25) is 4.68 Å². The summed E-state index contributed by atoms with van der Waals surface area (Å²) in [7, 11) is 1.96. The number of aromatic nitrogens is 2. The molecule has 0 radical (unpaired) electrons. The molecule has 0 saturated carbocycles. The molecule has 0 atom stereocenters. The van der Waals surface area contributed by atoms with E-state index in [1.54, 1.807) is 0 Å². The molecule has 0 aliphatic carbocycles. The second kappa shape index (κ2) is 3.33. The number of rotatable bonds is 2. The molecule has 0 aliphatic rings. The Kier molecular flexibility index (Phi) is 2.15. The zero-order valence-corrected chi connectivity index (χ0v) is 8.78. The minimum atomic E-state index is 0.459. The van der Waals surface area contributed by atoms with Crippen LogP contribution >= 0.6 is 0 Å². The molecular formula is C11H15N3. The molecular weight excluding hydrogens is 174 g/mol. The first-order chi connectivity index (χ1) is 6.66. The molecule has 1 heterocycles. The fraction of sp³-hybridized carbons (Fsp3) is 0.364. The predicted octanol–water partition coefficient (Wildman–Crippen LogP) is 2.39. The van der Waals surface area contributed by atoms with Crippen molar-refractivity contribution in [2.24, 2.45) is 7.05 Å². The third kappa shape index (κ3) is 1.58. The van der Waals surface area contributed by atoms with E-state index >= 15 is 0 Å². The maximum atomic E-state index is 4.20. The Labute approximate surface area is 83.7 Å². The quantitative estimate of drug-likeness (QED) is 0.786. The first-order valence-electron chi connectivity index (χ1n) is 4.85. The van der Waals surface area contributed by atoms with Crippen molar-refractivity contribution < 1.29 is 0 Å². The number of nitrogens with one attached hydrogen (secondary N) is 1. The van der Waals surface area contributed by atoms with Gasteiger partial charge in [-0.1, -0.05) is 0 Å². The normalized spacial score (nSPS) is 11.1. The van der Waals surface area contributed by atoms with E-state index in [1.165, 1.54) is 5.39 Å². The minimum Gasteiger partial charge on any atom is -0.383 e. The van der Waals surface area contributed by atoms with E-state index in [0.717, 1.165) is 11.2 Å². The monoisotopic (exact) mass is 189 g/mol. The first-order valence-corrected chi connectivity index (χ1v) is 4.85. The lowest BCUT2D eigenvalue weighted by Gasteiger charge is -2.09. The van der Waals surface area contributed by atoms with E-state index in [1.807, 2.05) is 17.9 Å². The Hall–Kier alpha value is -1.51. The van der Waals surface area contributed by atoms with Crippen LogP contribution in [0.2, 0.25) is 0 Å². The van der Waals surface area contributed by atoms with Gasteiger partial charge in [-0.05, 0) is 32.0 Å². The summed E-state index contributed by atoms with van der Waals surface area (Å²) in [6.07, 6.45) is 1.88. The average Bonchev–Trinajstić information content (AvgIpc) is 2.47. The highest BCUT2D eigenvalue weighted by molar-refractivity contribution is 5.82. The van der Waals surface area contributed by atoms with Crippen LogP contribution < -0.4 is 5.32 Å². The Balaban J connectivity index is 2.44. The molecule has 0 amide bonds. The lowest BCUT2D eigenvalue weighted by molar-refractivity contribution is 0.796. The zero-order valence-electron chi connectivity index (χ0n) is 8.78. The van der Waals surface area contributed by atoms with Crippen LogP contribution in [0.15, 0.2) is 24.4 Å². The molecule has 2 aromatic rings. The summed E-state index contributed by atoms with van der Waals surface area (Å²) in [6.45, 7) is 4.26. The van der Waals surface area contributed by atoms with Crippen LogP contribution in [0.3, 0.4) is 0 Å². The van der Waals surface area contributed by atoms with Crippen LogP contribution in [0.1, 0.15) is 13.8 Å². The first kappa shape index (κ1) is 9.06. The van der Waals surface area contributed by atoms with Crippen LogP contribution in [0.5, 0.6) is 0 Å². The average molecular weight is 189 g/mol. The molecule has 0 fully saturated rings. The van der Waals surface area contributed by atoms with Crippen LogP contribution in [0.25, 0.3) is 10.9 Å². The SMILES string of the molecule is CC(C)Nc1ccc2cnn(C)c2c1. The van der Waals surface area contributed by atoms with Crippen LogP contribution in [-0.4, -0.2) is 15.8 Å². The van der Waals surface area contributed by atoms with Gasteiger partial charge in [0.05, 0.1) is 11.7 Å². The van der Waals surface area contributed by atoms with Crippen LogP contribution in [-0.2, 0) is 7.05 Å². The van der Waals surface area contributed by atoms with E-state index in [4.69, 9.17) is 0 Å². The summed E-state index contributed by atoms with van der Waals surface area (Å²) < 4.78 is 1.89. The molecule has 0 unspecified atom stereocenters. The molecule has 0 spiro atoms. The topological polar surface area (TPSA) is 29.9 Å². The van der Waals surface area contributed by atoms with Gasteiger partial charge in [-0.15, -0.1) is 0 Å². The lowest BCUT2D eigenvalue weighted by Crippen LogP contribution is -2.09. The summed E-state index contributed by atoms with van der Waals surface area (Å²) in [6, 6.07) is 6.76. The Morgan fingerprint density at radius 3 is 2.86 bits per heavy atom. The summed E-state index contributed by atoms with van der Waals surface area (Å²) in [4.78, 5) is 0. The molecule has 1 aromatic heterocycles. The second-order valence-electron chi connectivity index (χ2n) is 3.84. The molecule has 0 aliphatic heterocycles. The van der Waals surface area contributed by atoms with Crippen molar-refractivity contribution in [3.63, 3.8) is 0 Å². The van der Waals surface area contributed by atoms with Gasteiger partial charge in [0.2, 0.25) is 0 Å². The Morgan fingerprint density at radius 2 is 2.14 bits per heavy atom. The molecule has 2 rings (SSSR count). The summed E-state index contributed by atoms with van der Waals surface area (Å²) in [5.41, 5.74) is 2.31. The van der Waals surface area contributed by atoms with Crippen molar-refractivity contribution in [1.29, 1.82) is 0 Å². The van der Waals surface area contributed by atoms with Crippen LogP contribution in [0, 0.1) is 0 Å². The summed E-state index contributed by atoms with van der Waals surface area (Å²) >= 11 is 0. The second-order valence-corrected chi connectivity index (χ2v) is 3.84. The fourth-order valence-electron chi connectivity index (χ4n) is 1.57. The van der Waals surface area contributed by atoms with Crippen molar-refractivity contribution in [1.82, 2.24) is 9.78 Å². The highest BCUT2D eigenvalue weighted by atomic mass is 15.2. The highest BCUT2D eigenvalue weighted by Crippen LogP contribution is 2.18. The van der Waals surface area contributed by atoms with E-state index in [-0.39, 0.29) is 0 Å². The maximum Gasteiger partial charge on any atom is 0.0699 e. The molecule has 74 valence electrons. The minimum absolute atomic E-state index is 0.459.